The van der Waals surface area contributed by atoms with Gasteiger partial charge in [-0.25, -0.2) is 0 Å². The molecule has 114 valence electrons. The zero-order chi connectivity index (χ0) is 14.5. The van der Waals surface area contributed by atoms with Crippen molar-refractivity contribution >= 4 is 5.97 Å². The number of hydrogen-bond acceptors (Lipinski definition) is 4. The lowest BCUT2D eigenvalue weighted by molar-refractivity contribution is -0.152. The lowest BCUT2D eigenvalue weighted by Crippen LogP contribution is -2.30. The second-order valence-corrected chi connectivity index (χ2v) is 5.20. The van der Waals surface area contributed by atoms with Crippen LogP contribution in [0.15, 0.2) is 0 Å². The average molecular weight is 272 g/mol. The summed E-state index contributed by atoms with van der Waals surface area (Å²) in [7, 11) is 0. The number of carbonyl (C=O) groups is 1. The van der Waals surface area contributed by atoms with Crippen molar-refractivity contribution in [1.29, 1.82) is 0 Å². The van der Waals surface area contributed by atoms with Crippen molar-refractivity contribution in [3.63, 3.8) is 0 Å². The maximum atomic E-state index is 11.6. The van der Waals surface area contributed by atoms with Gasteiger partial charge in [-0.15, -0.1) is 0 Å². The van der Waals surface area contributed by atoms with Gasteiger partial charge in [0, 0.05) is 13.1 Å². The van der Waals surface area contributed by atoms with Crippen LogP contribution in [0.25, 0.3) is 0 Å². The van der Waals surface area contributed by atoms with Crippen molar-refractivity contribution in [3.8, 4) is 0 Å². The van der Waals surface area contributed by atoms with Crippen LogP contribution in [0.4, 0.5) is 0 Å². The molecule has 2 N–H and O–H groups in total. The van der Waals surface area contributed by atoms with Crippen LogP contribution in [0.2, 0.25) is 0 Å². The molecule has 0 aliphatic heterocycles. The molecule has 0 saturated carbocycles. The van der Waals surface area contributed by atoms with Gasteiger partial charge in [0.1, 0.15) is 6.10 Å². The molecule has 0 aromatic carbocycles. The molecule has 0 spiro atoms. The predicted octanol–water partition coefficient (Wildman–Crippen LogP) is 2.33. The highest BCUT2D eigenvalue weighted by Gasteiger charge is 2.14. The Morgan fingerprint density at radius 1 is 1.05 bits per heavy atom. The minimum absolute atomic E-state index is 0.00190. The second-order valence-electron chi connectivity index (χ2n) is 5.20. The molecule has 2 unspecified atom stereocenters. The predicted molar refractivity (Wildman–Crippen MR) is 80.3 cm³/mol. The topological polar surface area (TPSA) is 50.4 Å². The summed E-state index contributed by atoms with van der Waals surface area (Å²) in [6, 6.07) is 0. The highest BCUT2D eigenvalue weighted by atomic mass is 16.5. The quantitative estimate of drug-likeness (QED) is 0.423. The smallest absolute Gasteiger partial charge is 0.308 e. The Kier molecular flexibility index (Phi) is 12.0. The zero-order valence-electron chi connectivity index (χ0n) is 13.1. The molecule has 0 heterocycles. The maximum Gasteiger partial charge on any atom is 0.308 e. The molecule has 0 fully saturated rings. The van der Waals surface area contributed by atoms with Crippen molar-refractivity contribution < 1.29 is 9.53 Å². The van der Waals surface area contributed by atoms with Gasteiger partial charge in [-0.3, -0.25) is 4.79 Å². The van der Waals surface area contributed by atoms with Crippen LogP contribution in [0.1, 0.15) is 53.4 Å². The Balaban J connectivity index is 3.38. The van der Waals surface area contributed by atoms with Crippen LogP contribution >= 0.6 is 0 Å². The van der Waals surface area contributed by atoms with E-state index in [0.717, 1.165) is 39.0 Å². The SMILES string of the molecule is CCCCNCCNCCC(C)OC(=O)C(C)CC. The monoisotopic (exact) mass is 272 g/mol. The Labute approximate surface area is 118 Å². The molecule has 0 aliphatic rings. The highest BCUT2D eigenvalue weighted by molar-refractivity contribution is 5.72. The van der Waals surface area contributed by atoms with E-state index >= 15 is 0 Å². The number of esters is 1. The van der Waals surface area contributed by atoms with Gasteiger partial charge < -0.3 is 15.4 Å². The summed E-state index contributed by atoms with van der Waals surface area (Å²) < 4.78 is 5.37. The van der Waals surface area contributed by atoms with E-state index in [9.17, 15) is 4.79 Å². The molecule has 0 radical (unpaired) electrons. The standard InChI is InChI=1S/C15H32N2O2/c1-5-7-9-16-11-12-17-10-8-14(4)19-15(18)13(3)6-2/h13-14,16-17H,5-12H2,1-4H3. The third-order valence-corrected chi connectivity index (χ3v) is 3.25. The van der Waals surface area contributed by atoms with Gasteiger partial charge in [-0.05, 0) is 39.3 Å². The fourth-order valence-corrected chi connectivity index (χ4v) is 1.57. The summed E-state index contributed by atoms with van der Waals surface area (Å²) in [6.45, 7) is 12.0. The number of rotatable bonds is 12. The molecule has 2 atom stereocenters. The van der Waals surface area contributed by atoms with Gasteiger partial charge in [-0.2, -0.15) is 0 Å². The molecule has 0 saturated heterocycles. The molecule has 4 heteroatoms. The third kappa shape index (κ3) is 11.0. The first kappa shape index (κ1) is 18.4. The molecule has 4 nitrogen and oxygen atoms in total. The van der Waals surface area contributed by atoms with E-state index in [1.165, 1.54) is 12.8 Å². The van der Waals surface area contributed by atoms with Crippen molar-refractivity contribution in [2.45, 2.75) is 59.5 Å². The minimum atomic E-state index is -0.0729. The number of unbranched alkanes of at least 4 members (excludes halogenated alkanes) is 1. The van der Waals surface area contributed by atoms with Crippen LogP contribution in [-0.4, -0.2) is 38.3 Å². The fourth-order valence-electron chi connectivity index (χ4n) is 1.57. The molecular weight excluding hydrogens is 240 g/mol. The summed E-state index contributed by atoms with van der Waals surface area (Å²) in [6.07, 6.45) is 4.19. The summed E-state index contributed by atoms with van der Waals surface area (Å²) in [5, 5.41) is 6.74. The molecule has 0 bridgehead atoms. The van der Waals surface area contributed by atoms with Gasteiger partial charge in [0.15, 0.2) is 0 Å². The molecule has 0 aliphatic carbocycles. The largest absolute Gasteiger partial charge is 0.462 e. The van der Waals surface area contributed by atoms with E-state index in [-0.39, 0.29) is 18.0 Å². The highest BCUT2D eigenvalue weighted by Crippen LogP contribution is 2.07. The summed E-state index contributed by atoms with van der Waals surface area (Å²) >= 11 is 0. The Morgan fingerprint density at radius 2 is 1.68 bits per heavy atom. The number of ether oxygens (including phenoxy) is 1. The lowest BCUT2D eigenvalue weighted by Gasteiger charge is -2.16. The van der Waals surface area contributed by atoms with E-state index in [1.807, 2.05) is 20.8 Å². The van der Waals surface area contributed by atoms with Gasteiger partial charge in [-0.1, -0.05) is 27.2 Å². The van der Waals surface area contributed by atoms with E-state index in [2.05, 4.69) is 17.6 Å². The van der Waals surface area contributed by atoms with Gasteiger partial charge in [0.2, 0.25) is 0 Å². The van der Waals surface area contributed by atoms with Crippen LogP contribution < -0.4 is 10.6 Å². The summed E-state index contributed by atoms with van der Waals surface area (Å²) in [5.74, 6) is -0.0607. The van der Waals surface area contributed by atoms with E-state index < -0.39 is 0 Å². The van der Waals surface area contributed by atoms with Gasteiger partial charge >= 0.3 is 5.97 Å². The summed E-state index contributed by atoms with van der Waals surface area (Å²) in [4.78, 5) is 11.6. The first-order valence-corrected chi connectivity index (χ1v) is 7.73. The first-order valence-electron chi connectivity index (χ1n) is 7.73. The van der Waals surface area contributed by atoms with Crippen LogP contribution in [0.3, 0.4) is 0 Å². The van der Waals surface area contributed by atoms with Crippen molar-refractivity contribution in [2.24, 2.45) is 5.92 Å². The van der Waals surface area contributed by atoms with Crippen LogP contribution in [0, 0.1) is 5.92 Å². The van der Waals surface area contributed by atoms with Gasteiger partial charge in [0.05, 0.1) is 5.92 Å². The Morgan fingerprint density at radius 3 is 2.26 bits per heavy atom. The molecule has 0 aromatic rings. The molecule has 19 heavy (non-hydrogen) atoms. The number of hydrogen-bond donors (Lipinski definition) is 2. The van der Waals surface area contributed by atoms with Crippen LogP contribution in [0.5, 0.6) is 0 Å². The molecular formula is C15H32N2O2. The van der Waals surface area contributed by atoms with Crippen LogP contribution in [-0.2, 0) is 9.53 Å². The minimum Gasteiger partial charge on any atom is -0.462 e. The van der Waals surface area contributed by atoms with Crippen molar-refractivity contribution in [1.82, 2.24) is 10.6 Å². The van der Waals surface area contributed by atoms with E-state index in [1.54, 1.807) is 0 Å². The van der Waals surface area contributed by atoms with Crippen molar-refractivity contribution in [3.05, 3.63) is 0 Å². The number of carbonyl (C=O) groups excluding carboxylic acids is 1. The first-order chi connectivity index (χ1) is 9.11. The van der Waals surface area contributed by atoms with Crippen molar-refractivity contribution in [2.75, 3.05) is 26.2 Å². The fraction of sp³-hybridized carbons (Fsp3) is 0.933. The van der Waals surface area contributed by atoms with E-state index in [0.29, 0.717) is 0 Å². The average Bonchev–Trinajstić information content (AvgIpc) is 2.40. The Bertz CT molecular complexity index is 222. The van der Waals surface area contributed by atoms with Gasteiger partial charge in [0.25, 0.3) is 0 Å². The molecule has 0 aromatic heterocycles. The third-order valence-electron chi connectivity index (χ3n) is 3.25. The number of nitrogens with one attached hydrogen (secondary N) is 2. The summed E-state index contributed by atoms with van der Waals surface area (Å²) in [5.41, 5.74) is 0. The maximum absolute atomic E-state index is 11.6. The molecule has 0 amide bonds. The second kappa shape index (κ2) is 12.4. The molecule has 0 rings (SSSR count). The Hall–Kier alpha value is -0.610. The normalized spacial score (nSPS) is 14.1. The lowest BCUT2D eigenvalue weighted by atomic mass is 10.1. The zero-order valence-corrected chi connectivity index (χ0v) is 13.1. The van der Waals surface area contributed by atoms with E-state index in [4.69, 9.17) is 4.74 Å².